The molecule has 0 N–H and O–H groups in total. The first-order valence-corrected chi connectivity index (χ1v) is 11.5. The molecule has 2 aromatic rings. The SMILES string of the molecule is CCC1Oc2ccc(-c3nc(C)sc3C)cc2N(CC(=O)N2CCC(C)CC2)C1=O. The van der Waals surface area contributed by atoms with E-state index in [-0.39, 0.29) is 18.4 Å². The maximum Gasteiger partial charge on any atom is 0.268 e. The van der Waals surface area contributed by atoms with Crippen molar-refractivity contribution < 1.29 is 14.3 Å². The lowest BCUT2D eigenvalue weighted by Crippen LogP contribution is -2.51. The third-order valence-electron chi connectivity index (χ3n) is 6.04. The summed E-state index contributed by atoms with van der Waals surface area (Å²) in [5, 5.41) is 1.00. The van der Waals surface area contributed by atoms with E-state index in [9.17, 15) is 9.59 Å². The van der Waals surface area contributed by atoms with Gasteiger partial charge in [0, 0.05) is 23.5 Å². The molecular formula is C23H29N3O3S. The molecule has 0 aliphatic carbocycles. The quantitative estimate of drug-likeness (QED) is 0.734. The Morgan fingerprint density at radius 2 is 2.00 bits per heavy atom. The Hall–Kier alpha value is -2.41. The first-order valence-electron chi connectivity index (χ1n) is 10.7. The number of likely N-dealkylation sites (tertiary alicyclic amines) is 1. The van der Waals surface area contributed by atoms with Crippen molar-refractivity contribution in [3.05, 3.63) is 28.1 Å². The summed E-state index contributed by atoms with van der Waals surface area (Å²) in [6.07, 6.45) is 2.05. The van der Waals surface area contributed by atoms with E-state index in [0.29, 0.717) is 23.8 Å². The predicted molar refractivity (Wildman–Crippen MR) is 119 cm³/mol. The molecule has 2 amide bonds. The van der Waals surface area contributed by atoms with E-state index in [1.807, 2.05) is 43.9 Å². The van der Waals surface area contributed by atoms with Crippen LogP contribution >= 0.6 is 11.3 Å². The zero-order valence-corrected chi connectivity index (χ0v) is 18.9. The highest BCUT2D eigenvalue weighted by molar-refractivity contribution is 7.11. The minimum Gasteiger partial charge on any atom is -0.478 e. The number of amides is 2. The third kappa shape index (κ3) is 3.95. The van der Waals surface area contributed by atoms with Crippen LogP contribution in [0, 0.1) is 19.8 Å². The highest BCUT2D eigenvalue weighted by Crippen LogP contribution is 2.39. The summed E-state index contributed by atoms with van der Waals surface area (Å²) in [5.41, 5.74) is 2.51. The molecule has 1 saturated heterocycles. The molecule has 0 radical (unpaired) electrons. The molecule has 1 atom stereocenters. The lowest BCUT2D eigenvalue weighted by Gasteiger charge is -2.36. The minimum absolute atomic E-state index is 0.00374. The van der Waals surface area contributed by atoms with Gasteiger partial charge in [-0.1, -0.05) is 13.8 Å². The number of carbonyl (C=O) groups excluding carboxylic acids is 2. The van der Waals surface area contributed by atoms with Crippen molar-refractivity contribution in [1.29, 1.82) is 0 Å². The number of ether oxygens (including phenoxy) is 1. The van der Waals surface area contributed by atoms with Crippen LogP contribution in [0.25, 0.3) is 11.3 Å². The van der Waals surface area contributed by atoms with E-state index < -0.39 is 6.10 Å². The van der Waals surface area contributed by atoms with Crippen molar-refractivity contribution in [2.75, 3.05) is 24.5 Å². The number of carbonyl (C=O) groups is 2. The lowest BCUT2D eigenvalue weighted by molar-refractivity contribution is -0.134. The number of aryl methyl sites for hydroxylation is 2. The average molecular weight is 428 g/mol. The highest BCUT2D eigenvalue weighted by Gasteiger charge is 2.36. The minimum atomic E-state index is -0.555. The standard InChI is InChI=1S/C23H29N3O3S/c1-5-19-23(28)26(13-21(27)25-10-8-14(2)9-11-25)18-12-17(6-7-20(18)29-19)22-15(3)30-16(4)24-22/h6-7,12,14,19H,5,8-11,13H2,1-4H3. The van der Waals surface area contributed by atoms with Crippen LogP contribution in [-0.4, -0.2) is 47.4 Å². The van der Waals surface area contributed by atoms with Crippen LogP contribution in [0.4, 0.5) is 5.69 Å². The summed E-state index contributed by atoms with van der Waals surface area (Å²) in [6, 6.07) is 5.81. The Kier molecular flexibility index (Phi) is 5.82. The molecule has 1 aromatic heterocycles. The number of aromatic nitrogens is 1. The largest absolute Gasteiger partial charge is 0.478 e. The lowest BCUT2D eigenvalue weighted by atomic mass is 9.99. The topological polar surface area (TPSA) is 62.7 Å². The van der Waals surface area contributed by atoms with Gasteiger partial charge < -0.3 is 9.64 Å². The molecule has 160 valence electrons. The van der Waals surface area contributed by atoms with Gasteiger partial charge in [-0.3, -0.25) is 14.5 Å². The smallest absolute Gasteiger partial charge is 0.268 e. The average Bonchev–Trinajstić information content (AvgIpc) is 3.07. The summed E-state index contributed by atoms with van der Waals surface area (Å²) in [5.74, 6) is 1.16. The number of fused-ring (bicyclic) bond motifs is 1. The van der Waals surface area contributed by atoms with Gasteiger partial charge in [-0.25, -0.2) is 4.98 Å². The van der Waals surface area contributed by atoms with Crippen LogP contribution in [0.2, 0.25) is 0 Å². The molecule has 1 fully saturated rings. The molecule has 0 bridgehead atoms. The van der Waals surface area contributed by atoms with Gasteiger partial charge in [-0.15, -0.1) is 11.3 Å². The molecule has 0 spiro atoms. The monoisotopic (exact) mass is 427 g/mol. The zero-order valence-electron chi connectivity index (χ0n) is 18.1. The number of rotatable bonds is 4. The first-order chi connectivity index (χ1) is 14.4. The fraction of sp³-hybridized carbons (Fsp3) is 0.522. The first kappa shape index (κ1) is 20.8. The van der Waals surface area contributed by atoms with Gasteiger partial charge in [-0.2, -0.15) is 0 Å². The molecule has 3 heterocycles. The van der Waals surface area contributed by atoms with E-state index in [2.05, 4.69) is 11.9 Å². The summed E-state index contributed by atoms with van der Waals surface area (Å²) in [4.78, 5) is 35.4. The molecule has 0 saturated carbocycles. The maximum absolute atomic E-state index is 13.1. The number of benzene rings is 1. The van der Waals surface area contributed by atoms with Crippen LogP contribution in [0.1, 0.15) is 43.0 Å². The highest BCUT2D eigenvalue weighted by atomic mass is 32.1. The van der Waals surface area contributed by atoms with Crippen molar-refractivity contribution in [1.82, 2.24) is 9.88 Å². The number of thiazole rings is 1. The Bertz CT molecular complexity index is 963. The van der Waals surface area contributed by atoms with Crippen LogP contribution < -0.4 is 9.64 Å². The fourth-order valence-electron chi connectivity index (χ4n) is 4.18. The molecule has 6 nitrogen and oxygen atoms in total. The number of piperidine rings is 1. The molecule has 1 unspecified atom stereocenters. The third-order valence-corrected chi connectivity index (χ3v) is 6.92. The molecule has 7 heteroatoms. The molecule has 1 aromatic carbocycles. The maximum atomic E-state index is 13.1. The fourth-order valence-corrected chi connectivity index (χ4v) is 5.02. The zero-order chi connectivity index (χ0) is 21.4. The number of anilines is 1. The van der Waals surface area contributed by atoms with Crippen LogP contribution in [-0.2, 0) is 9.59 Å². The Balaban J connectivity index is 1.66. The molecule has 2 aliphatic heterocycles. The van der Waals surface area contributed by atoms with Gasteiger partial charge in [-0.05, 0) is 57.2 Å². The summed E-state index contributed by atoms with van der Waals surface area (Å²) >= 11 is 1.65. The van der Waals surface area contributed by atoms with Gasteiger partial charge in [0.25, 0.3) is 5.91 Å². The Labute approximate surface area is 181 Å². The van der Waals surface area contributed by atoms with Gasteiger partial charge in [0.1, 0.15) is 12.3 Å². The molecule has 30 heavy (non-hydrogen) atoms. The van der Waals surface area contributed by atoms with Crippen molar-refractivity contribution >= 4 is 28.8 Å². The molecular weight excluding hydrogens is 398 g/mol. The Morgan fingerprint density at radius 3 is 2.63 bits per heavy atom. The van der Waals surface area contributed by atoms with E-state index in [1.54, 1.807) is 16.2 Å². The van der Waals surface area contributed by atoms with E-state index >= 15 is 0 Å². The van der Waals surface area contributed by atoms with Gasteiger partial charge in [0.15, 0.2) is 6.10 Å². The van der Waals surface area contributed by atoms with Crippen molar-refractivity contribution in [2.45, 2.75) is 53.1 Å². The predicted octanol–water partition coefficient (Wildman–Crippen LogP) is 4.19. The van der Waals surface area contributed by atoms with E-state index in [0.717, 1.165) is 47.1 Å². The van der Waals surface area contributed by atoms with Crippen LogP contribution in [0.3, 0.4) is 0 Å². The van der Waals surface area contributed by atoms with Gasteiger partial charge in [0.2, 0.25) is 5.91 Å². The second-order valence-corrected chi connectivity index (χ2v) is 9.73. The van der Waals surface area contributed by atoms with Crippen molar-refractivity contribution in [3.8, 4) is 17.0 Å². The number of nitrogens with zero attached hydrogens (tertiary/aromatic N) is 3. The second kappa shape index (κ2) is 8.38. The van der Waals surface area contributed by atoms with Crippen LogP contribution in [0.15, 0.2) is 18.2 Å². The molecule has 2 aliphatic rings. The van der Waals surface area contributed by atoms with Crippen LogP contribution in [0.5, 0.6) is 5.75 Å². The van der Waals surface area contributed by atoms with E-state index in [4.69, 9.17) is 4.74 Å². The van der Waals surface area contributed by atoms with Gasteiger partial charge in [0.05, 0.1) is 16.4 Å². The summed E-state index contributed by atoms with van der Waals surface area (Å²) in [7, 11) is 0. The van der Waals surface area contributed by atoms with E-state index in [1.165, 1.54) is 0 Å². The summed E-state index contributed by atoms with van der Waals surface area (Å²) in [6.45, 7) is 9.77. The normalized spacial score (nSPS) is 19.6. The second-order valence-electron chi connectivity index (χ2n) is 8.32. The number of hydrogen-bond acceptors (Lipinski definition) is 5. The number of hydrogen-bond donors (Lipinski definition) is 0. The summed E-state index contributed by atoms with van der Waals surface area (Å²) < 4.78 is 5.96. The van der Waals surface area contributed by atoms with Crippen molar-refractivity contribution in [2.24, 2.45) is 5.92 Å². The van der Waals surface area contributed by atoms with Crippen molar-refractivity contribution in [3.63, 3.8) is 0 Å². The molecule has 4 rings (SSSR count). The van der Waals surface area contributed by atoms with Gasteiger partial charge >= 0.3 is 0 Å². The Morgan fingerprint density at radius 1 is 1.27 bits per heavy atom.